The molecule has 0 radical (unpaired) electrons. The number of anilines is 1. The molecule has 3 aromatic rings. The minimum absolute atomic E-state index is 0.0187. The summed E-state index contributed by atoms with van der Waals surface area (Å²) >= 11 is 12.1. The van der Waals surface area contributed by atoms with E-state index in [1.54, 1.807) is 36.4 Å². The van der Waals surface area contributed by atoms with Crippen molar-refractivity contribution in [2.24, 2.45) is 0 Å². The van der Waals surface area contributed by atoms with Gasteiger partial charge in [0.2, 0.25) is 0 Å². The molecule has 0 aromatic heterocycles. The summed E-state index contributed by atoms with van der Waals surface area (Å²) in [5, 5.41) is 6.99. The van der Waals surface area contributed by atoms with Crippen molar-refractivity contribution in [1.29, 1.82) is 0 Å². The zero-order valence-electron chi connectivity index (χ0n) is 18.1. The molecule has 4 rings (SSSR count). The van der Waals surface area contributed by atoms with Crippen LogP contribution in [-0.4, -0.2) is 33.5 Å². The number of piperidine rings is 1. The summed E-state index contributed by atoms with van der Waals surface area (Å²) in [6, 6.07) is 17.3. The molecule has 3 N–H and O–H groups in total. The van der Waals surface area contributed by atoms with Crippen LogP contribution >= 0.6 is 23.2 Å². The molecule has 0 aliphatic carbocycles. The maximum Gasteiger partial charge on any atom is 0.262 e. The van der Waals surface area contributed by atoms with Crippen LogP contribution in [0.4, 0.5) is 5.69 Å². The number of amides is 1. The maximum atomic E-state index is 13.0. The van der Waals surface area contributed by atoms with Gasteiger partial charge in [-0.15, -0.1) is 0 Å². The summed E-state index contributed by atoms with van der Waals surface area (Å²) in [6.45, 7) is 1.73. The number of para-hydroxylation sites is 2. The van der Waals surface area contributed by atoms with Crippen LogP contribution in [0.1, 0.15) is 23.2 Å². The Balaban J connectivity index is 1.48. The highest BCUT2D eigenvalue weighted by Crippen LogP contribution is 2.35. The normalized spacial score (nSPS) is 14.4. The van der Waals surface area contributed by atoms with E-state index >= 15 is 0 Å². The van der Waals surface area contributed by atoms with Gasteiger partial charge in [-0.05, 0) is 80.5 Å². The number of carbonyl (C=O) groups is 1. The van der Waals surface area contributed by atoms with Crippen LogP contribution in [0.3, 0.4) is 0 Å². The maximum absolute atomic E-state index is 13.0. The Morgan fingerprint density at radius 2 is 1.65 bits per heavy atom. The molecule has 10 heteroatoms. The number of rotatable bonds is 7. The van der Waals surface area contributed by atoms with E-state index in [1.807, 2.05) is 0 Å². The summed E-state index contributed by atoms with van der Waals surface area (Å²) in [5.41, 5.74) is 0.639. The van der Waals surface area contributed by atoms with Gasteiger partial charge in [0, 0.05) is 16.6 Å². The van der Waals surface area contributed by atoms with Gasteiger partial charge in [-0.3, -0.25) is 9.52 Å². The monoisotopic (exact) mass is 519 g/mol. The molecule has 1 saturated heterocycles. The fourth-order valence-corrected chi connectivity index (χ4v) is 5.06. The number of halogens is 2. The van der Waals surface area contributed by atoms with Crippen LogP contribution < -0.4 is 20.1 Å². The Morgan fingerprint density at radius 3 is 2.35 bits per heavy atom. The molecular formula is C24H23Cl2N3O4S. The minimum atomic E-state index is -3.94. The largest absolute Gasteiger partial charge is 0.454 e. The molecule has 0 spiro atoms. The first kappa shape index (κ1) is 24.3. The van der Waals surface area contributed by atoms with Gasteiger partial charge in [0.1, 0.15) is 5.75 Å². The number of nitrogens with one attached hydrogen (secondary N) is 3. The van der Waals surface area contributed by atoms with Crippen molar-refractivity contribution in [2.45, 2.75) is 23.8 Å². The van der Waals surface area contributed by atoms with Gasteiger partial charge in [0.05, 0.1) is 15.6 Å². The van der Waals surface area contributed by atoms with E-state index in [0.717, 1.165) is 25.9 Å². The first-order valence-corrected chi connectivity index (χ1v) is 12.9. The highest BCUT2D eigenvalue weighted by molar-refractivity contribution is 7.92. The lowest BCUT2D eigenvalue weighted by atomic mass is 10.1. The minimum Gasteiger partial charge on any atom is -0.454 e. The van der Waals surface area contributed by atoms with Crippen molar-refractivity contribution in [1.82, 2.24) is 10.6 Å². The van der Waals surface area contributed by atoms with Crippen LogP contribution in [0.25, 0.3) is 0 Å². The average Bonchev–Trinajstić information content (AvgIpc) is 2.82. The van der Waals surface area contributed by atoms with Crippen molar-refractivity contribution in [3.8, 4) is 11.5 Å². The van der Waals surface area contributed by atoms with Crippen molar-refractivity contribution >= 4 is 44.8 Å². The molecule has 1 aliphatic rings. The quantitative estimate of drug-likeness (QED) is 0.405. The lowest BCUT2D eigenvalue weighted by Crippen LogP contribution is -2.42. The molecule has 0 atom stereocenters. The molecule has 0 bridgehead atoms. The fourth-order valence-electron chi connectivity index (χ4n) is 3.54. The third-order valence-corrected chi connectivity index (χ3v) is 7.26. The van der Waals surface area contributed by atoms with E-state index in [0.29, 0.717) is 21.4 Å². The van der Waals surface area contributed by atoms with Gasteiger partial charge in [-0.1, -0.05) is 35.3 Å². The predicted octanol–water partition coefficient (Wildman–Crippen LogP) is 5.07. The third-order valence-electron chi connectivity index (χ3n) is 5.35. The molecule has 1 heterocycles. The van der Waals surface area contributed by atoms with E-state index < -0.39 is 10.0 Å². The number of benzene rings is 3. The number of sulfonamides is 1. The smallest absolute Gasteiger partial charge is 0.262 e. The van der Waals surface area contributed by atoms with Gasteiger partial charge >= 0.3 is 0 Å². The van der Waals surface area contributed by atoms with Gasteiger partial charge < -0.3 is 15.4 Å². The molecule has 34 heavy (non-hydrogen) atoms. The summed E-state index contributed by atoms with van der Waals surface area (Å²) in [7, 11) is -3.94. The predicted molar refractivity (Wildman–Crippen MR) is 134 cm³/mol. The van der Waals surface area contributed by atoms with Crippen molar-refractivity contribution in [2.75, 3.05) is 17.8 Å². The highest BCUT2D eigenvalue weighted by atomic mass is 35.5. The van der Waals surface area contributed by atoms with Crippen molar-refractivity contribution < 1.29 is 17.9 Å². The molecule has 1 amide bonds. The Bertz CT molecular complexity index is 1280. The lowest BCUT2D eigenvalue weighted by molar-refractivity contribution is 0.0929. The molecule has 7 nitrogen and oxygen atoms in total. The lowest BCUT2D eigenvalue weighted by Gasteiger charge is -2.23. The fraction of sp³-hybridized carbons (Fsp3) is 0.208. The van der Waals surface area contributed by atoms with Gasteiger partial charge in [-0.25, -0.2) is 8.42 Å². The summed E-state index contributed by atoms with van der Waals surface area (Å²) in [5.74, 6) is 0.387. The molecule has 1 aliphatic heterocycles. The van der Waals surface area contributed by atoms with E-state index in [9.17, 15) is 13.2 Å². The molecule has 3 aromatic carbocycles. The zero-order chi connectivity index (χ0) is 24.1. The Kier molecular flexibility index (Phi) is 7.63. The summed E-state index contributed by atoms with van der Waals surface area (Å²) in [6.07, 6.45) is 1.73. The molecule has 178 valence electrons. The van der Waals surface area contributed by atoms with Crippen LogP contribution in [0.2, 0.25) is 10.0 Å². The van der Waals surface area contributed by atoms with Gasteiger partial charge in [0.15, 0.2) is 5.75 Å². The highest BCUT2D eigenvalue weighted by Gasteiger charge is 2.20. The molecule has 0 unspecified atom stereocenters. The van der Waals surface area contributed by atoms with Crippen LogP contribution in [-0.2, 0) is 10.0 Å². The Morgan fingerprint density at radius 1 is 0.941 bits per heavy atom. The van der Waals surface area contributed by atoms with E-state index in [-0.39, 0.29) is 28.3 Å². The van der Waals surface area contributed by atoms with Crippen molar-refractivity contribution in [3.63, 3.8) is 0 Å². The molecular weight excluding hydrogens is 497 g/mol. The standard InChI is InChI=1S/C24H23Cl2N3O4S/c25-17-7-10-22(20(26)15-17)33-23-4-2-1-3-21(23)29-34(31,32)19-8-5-16(6-9-19)24(30)28-18-11-13-27-14-12-18/h1-10,15,18,27,29H,11-14H2,(H,28,30). The number of ether oxygens (including phenoxy) is 1. The second-order valence-corrected chi connectivity index (χ2v) is 10.3. The molecule has 1 fully saturated rings. The van der Waals surface area contributed by atoms with Crippen LogP contribution in [0.15, 0.2) is 71.6 Å². The molecule has 0 saturated carbocycles. The SMILES string of the molecule is O=C(NC1CCNCC1)c1ccc(S(=O)(=O)Nc2ccccc2Oc2ccc(Cl)cc2Cl)cc1. The number of hydrogen-bond acceptors (Lipinski definition) is 5. The first-order chi connectivity index (χ1) is 16.3. The van der Waals surface area contributed by atoms with E-state index in [2.05, 4.69) is 15.4 Å². The summed E-state index contributed by atoms with van der Waals surface area (Å²) in [4.78, 5) is 12.5. The zero-order valence-corrected chi connectivity index (χ0v) is 20.4. The van der Waals surface area contributed by atoms with Gasteiger partial charge in [0.25, 0.3) is 15.9 Å². The van der Waals surface area contributed by atoms with Crippen LogP contribution in [0, 0.1) is 0 Å². The first-order valence-electron chi connectivity index (χ1n) is 10.7. The number of carbonyl (C=O) groups excluding carboxylic acids is 1. The van der Waals surface area contributed by atoms with E-state index in [1.165, 1.54) is 30.3 Å². The van der Waals surface area contributed by atoms with Crippen LogP contribution in [0.5, 0.6) is 11.5 Å². The van der Waals surface area contributed by atoms with Crippen molar-refractivity contribution in [3.05, 3.63) is 82.3 Å². The van der Waals surface area contributed by atoms with Gasteiger partial charge in [-0.2, -0.15) is 0 Å². The van der Waals surface area contributed by atoms with E-state index in [4.69, 9.17) is 27.9 Å². The topological polar surface area (TPSA) is 96.5 Å². The number of hydrogen-bond donors (Lipinski definition) is 3. The average molecular weight is 520 g/mol. The second kappa shape index (κ2) is 10.7. The third kappa shape index (κ3) is 6.01. The second-order valence-electron chi connectivity index (χ2n) is 7.80. The Labute approximate surface area is 208 Å². The summed E-state index contributed by atoms with van der Waals surface area (Å²) < 4.78 is 34.4. The Hall–Kier alpha value is -2.78.